The summed E-state index contributed by atoms with van der Waals surface area (Å²) in [6, 6.07) is 8.48. The van der Waals surface area contributed by atoms with Gasteiger partial charge in [-0.15, -0.1) is 0 Å². The van der Waals surface area contributed by atoms with Gasteiger partial charge in [0.2, 0.25) is 0 Å². The summed E-state index contributed by atoms with van der Waals surface area (Å²) in [5, 5.41) is 4.06. The number of hydrogen-bond acceptors (Lipinski definition) is 5. The standard InChI is InChI=1S/C14H17N3O2/c15-5-6-18-9-13-16-14(17-19-13)12-7-10-3-1-2-4-11(10)8-12/h1-4,12H,5-9,15H2. The van der Waals surface area contributed by atoms with Crippen LogP contribution in [0.15, 0.2) is 28.8 Å². The summed E-state index contributed by atoms with van der Waals surface area (Å²) < 4.78 is 10.5. The lowest BCUT2D eigenvalue weighted by molar-refractivity contribution is 0.104. The van der Waals surface area contributed by atoms with Gasteiger partial charge in [-0.25, -0.2) is 0 Å². The Morgan fingerprint density at radius 3 is 2.68 bits per heavy atom. The second-order valence-electron chi connectivity index (χ2n) is 4.76. The molecule has 0 radical (unpaired) electrons. The fourth-order valence-electron chi connectivity index (χ4n) is 2.48. The minimum atomic E-state index is 0.324. The van der Waals surface area contributed by atoms with Gasteiger partial charge in [0.1, 0.15) is 6.61 Å². The van der Waals surface area contributed by atoms with Crippen molar-refractivity contribution in [2.75, 3.05) is 13.2 Å². The normalized spacial score (nSPS) is 14.8. The number of nitrogens with two attached hydrogens (primary N) is 1. The number of aromatic nitrogens is 2. The van der Waals surface area contributed by atoms with Crippen LogP contribution in [0.5, 0.6) is 0 Å². The van der Waals surface area contributed by atoms with Crippen LogP contribution in [0, 0.1) is 0 Å². The fourth-order valence-corrected chi connectivity index (χ4v) is 2.48. The smallest absolute Gasteiger partial charge is 0.252 e. The first-order valence-electron chi connectivity index (χ1n) is 6.54. The molecule has 0 bridgehead atoms. The molecule has 0 saturated carbocycles. The number of nitrogens with zero attached hydrogens (tertiary/aromatic N) is 2. The molecular weight excluding hydrogens is 242 g/mol. The maximum Gasteiger partial charge on any atom is 0.252 e. The van der Waals surface area contributed by atoms with Crippen LogP contribution < -0.4 is 5.73 Å². The van der Waals surface area contributed by atoms with Gasteiger partial charge in [-0.2, -0.15) is 4.98 Å². The first-order valence-corrected chi connectivity index (χ1v) is 6.54. The van der Waals surface area contributed by atoms with E-state index in [4.69, 9.17) is 15.0 Å². The van der Waals surface area contributed by atoms with Gasteiger partial charge in [-0.1, -0.05) is 29.4 Å². The predicted octanol–water partition coefficient (Wildman–Crippen LogP) is 1.43. The van der Waals surface area contributed by atoms with E-state index in [1.807, 2.05) is 0 Å². The summed E-state index contributed by atoms with van der Waals surface area (Å²) in [5.41, 5.74) is 8.13. The van der Waals surface area contributed by atoms with Crippen molar-refractivity contribution in [2.45, 2.75) is 25.4 Å². The number of hydrogen-bond donors (Lipinski definition) is 1. The van der Waals surface area contributed by atoms with Gasteiger partial charge in [0, 0.05) is 12.5 Å². The monoisotopic (exact) mass is 259 g/mol. The minimum absolute atomic E-state index is 0.324. The van der Waals surface area contributed by atoms with Crippen molar-refractivity contribution in [3.05, 3.63) is 47.1 Å². The third-order valence-electron chi connectivity index (χ3n) is 3.39. The molecule has 0 saturated heterocycles. The van der Waals surface area contributed by atoms with E-state index in [9.17, 15) is 0 Å². The second kappa shape index (κ2) is 5.50. The molecule has 0 aliphatic heterocycles. The Hall–Kier alpha value is -1.72. The van der Waals surface area contributed by atoms with Gasteiger partial charge >= 0.3 is 0 Å². The van der Waals surface area contributed by atoms with E-state index >= 15 is 0 Å². The molecule has 1 aromatic carbocycles. The van der Waals surface area contributed by atoms with Gasteiger partial charge in [0.15, 0.2) is 5.82 Å². The first-order chi connectivity index (χ1) is 9.36. The lowest BCUT2D eigenvalue weighted by atomic mass is 10.1. The average molecular weight is 259 g/mol. The zero-order chi connectivity index (χ0) is 13.1. The quantitative estimate of drug-likeness (QED) is 0.822. The zero-order valence-corrected chi connectivity index (χ0v) is 10.7. The molecule has 1 aliphatic rings. The van der Waals surface area contributed by atoms with Crippen molar-refractivity contribution < 1.29 is 9.26 Å². The van der Waals surface area contributed by atoms with Crippen LogP contribution in [-0.4, -0.2) is 23.3 Å². The Balaban J connectivity index is 1.65. The number of fused-ring (bicyclic) bond motifs is 1. The van der Waals surface area contributed by atoms with Crippen molar-refractivity contribution >= 4 is 0 Å². The van der Waals surface area contributed by atoms with Crippen LogP contribution in [0.25, 0.3) is 0 Å². The molecule has 0 amide bonds. The second-order valence-corrected chi connectivity index (χ2v) is 4.76. The third-order valence-corrected chi connectivity index (χ3v) is 3.39. The van der Waals surface area contributed by atoms with Crippen LogP contribution in [0.3, 0.4) is 0 Å². The van der Waals surface area contributed by atoms with Gasteiger partial charge in [-0.3, -0.25) is 0 Å². The molecule has 0 fully saturated rings. The van der Waals surface area contributed by atoms with E-state index in [1.165, 1.54) is 11.1 Å². The summed E-state index contributed by atoms with van der Waals surface area (Å²) in [7, 11) is 0. The third kappa shape index (κ3) is 2.67. The molecule has 5 nitrogen and oxygen atoms in total. The maximum atomic E-state index is 5.35. The van der Waals surface area contributed by atoms with Crippen molar-refractivity contribution in [1.82, 2.24) is 10.1 Å². The van der Waals surface area contributed by atoms with Crippen LogP contribution >= 0.6 is 0 Å². The van der Waals surface area contributed by atoms with E-state index < -0.39 is 0 Å². The molecule has 0 unspecified atom stereocenters. The van der Waals surface area contributed by atoms with Crippen molar-refractivity contribution in [1.29, 1.82) is 0 Å². The van der Waals surface area contributed by atoms with Crippen LogP contribution in [0.4, 0.5) is 0 Å². The topological polar surface area (TPSA) is 74.2 Å². The molecule has 1 aliphatic carbocycles. The summed E-state index contributed by atoms with van der Waals surface area (Å²) in [4.78, 5) is 4.40. The molecule has 1 heterocycles. The van der Waals surface area contributed by atoms with E-state index in [2.05, 4.69) is 34.4 Å². The summed E-state index contributed by atoms with van der Waals surface area (Å²) in [6.45, 7) is 1.34. The Morgan fingerprint density at radius 1 is 1.26 bits per heavy atom. The van der Waals surface area contributed by atoms with Gasteiger partial charge in [0.05, 0.1) is 6.61 Å². The highest BCUT2D eigenvalue weighted by molar-refractivity contribution is 5.34. The molecule has 2 aromatic rings. The summed E-state index contributed by atoms with van der Waals surface area (Å²) in [6.07, 6.45) is 1.97. The fraction of sp³-hybridized carbons (Fsp3) is 0.429. The summed E-state index contributed by atoms with van der Waals surface area (Å²) in [5.74, 6) is 1.63. The van der Waals surface area contributed by atoms with Crippen LogP contribution in [0.1, 0.15) is 28.8 Å². The maximum absolute atomic E-state index is 5.35. The Kier molecular flexibility index (Phi) is 3.57. The van der Waals surface area contributed by atoms with Crippen molar-refractivity contribution in [3.63, 3.8) is 0 Å². The minimum Gasteiger partial charge on any atom is -0.370 e. The molecular formula is C14H17N3O2. The van der Waals surface area contributed by atoms with Crippen LogP contribution in [-0.2, 0) is 24.2 Å². The molecule has 1 aromatic heterocycles. The SMILES string of the molecule is NCCOCc1nc(C2Cc3ccccc3C2)no1. The van der Waals surface area contributed by atoms with Crippen LogP contribution in [0.2, 0.25) is 0 Å². The Labute approximate surface area is 111 Å². The number of rotatable bonds is 5. The van der Waals surface area contributed by atoms with Gasteiger partial charge in [0.25, 0.3) is 5.89 Å². The number of benzene rings is 1. The molecule has 100 valence electrons. The largest absolute Gasteiger partial charge is 0.370 e. The molecule has 2 N–H and O–H groups in total. The highest BCUT2D eigenvalue weighted by Gasteiger charge is 2.26. The molecule has 3 rings (SSSR count). The average Bonchev–Trinajstić information content (AvgIpc) is 3.04. The lowest BCUT2D eigenvalue weighted by Gasteiger charge is -2.00. The van der Waals surface area contributed by atoms with E-state index in [-0.39, 0.29) is 0 Å². The zero-order valence-electron chi connectivity index (χ0n) is 10.7. The van der Waals surface area contributed by atoms with E-state index in [0.29, 0.717) is 31.6 Å². The first kappa shape index (κ1) is 12.3. The van der Waals surface area contributed by atoms with Crippen molar-refractivity contribution in [3.8, 4) is 0 Å². The molecule has 5 heteroatoms. The lowest BCUT2D eigenvalue weighted by Crippen LogP contribution is -2.08. The van der Waals surface area contributed by atoms with Crippen molar-refractivity contribution in [2.24, 2.45) is 5.73 Å². The predicted molar refractivity (Wildman–Crippen MR) is 69.6 cm³/mol. The highest BCUT2D eigenvalue weighted by atomic mass is 16.5. The van der Waals surface area contributed by atoms with Gasteiger partial charge < -0.3 is 15.0 Å². The molecule has 0 spiro atoms. The Bertz CT molecular complexity index is 528. The van der Waals surface area contributed by atoms with Gasteiger partial charge in [-0.05, 0) is 24.0 Å². The number of ether oxygens (including phenoxy) is 1. The van der Waals surface area contributed by atoms with E-state index in [1.54, 1.807) is 0 Å². The van der Waals surface area contributed by atoms with E-state index in [0.717, 1.165) is 18.7 Å². The summed E-state index contributed by atoms with van der Waals surface area (Å²) >= 11 is 0. The molecule has 19 heavy (non-hydrogen) atoms. The highest BCUT2D eigenvalue weighted by Crippen LogP contribution is 2.32. The Morgan fingerprint density at radius 2 is 2.00 bits per heavy atom. The molecule has 0 atom stereocenters.